The molecule has 0 bridgehead atoms. The molecule has 0 saturated heterocycles. The number of nitrogens with zero attached hydrogens (tertiary/aromatic N) is 2. The quantitative estimate of drug-likeness (QED) is 0.475. The molecule has 1 heterocycles. The van der Waals surface area contributed by atoms with E-state index in [1.807, 2.05) is 6.92 Å². The van der Waals surface area contributed by atoms with Crippen LogP contribution in [0.25, 0.3) is 0 Å². The molecule has 0 fully saturated rings. The summed E-state index contributed by atoms with van der Waals surface area (Å²) in [6.07, 6.45) is -2.05. The average Bonchev–Trinajstić information content (AvgIpc) is 2.61. The van der Waals surface area contributed by atoms with Gasteiger partial charge >= 0.3 is 6.18 Å². The second kappa shape index (κ2) is 11.6. The van der Waals surface area contributed by atoms with E-state index < -0.39 is 12.8 Å². The van der Waals surface area contributed by atoms with Crippen molar-refractivity contribution in [2.24, 2.45) is 10.9 Å². The van der Waals surface area contributed by atoms with Crippen LogP contribution in [0.4, 0.5) is 13.2 Å². The molecule has 154 valence electrons. The number of halogens is 3. The Labute approximate surface area is 158 Å². The maximum atomic E-state index is 12.4. The van der Waals surface area contributed by atoms with Crippen molar-refractivity contribution in [2.75, 3.05) is 26.8 Å². The number of aromatic nitrogens is 1. The summed E-state index contributed by atoms with van der Waals surface area (Å²) in [5.74, 6) is 0.902. The molecule has 0 spiro atoms. The van der Waals surface area contributed by atoms with Crippen molar-refractivity contribution in [1.82, 2.24) is 15.6 Å². The topological polar surface area (TPSA) is 67.8 Å². The SMILES string of the molecule is CCOC(CCNC(=NC)NCc1cccnc1OCC(F)(F)F)C(C)C. The van der Waals surface area contributed by atoms with Crippen molar-refractivity contribution < 1.29 is 22.6 Å². The first-order chi connectivity index (χ1) is 12.8. The molecule has 0 aromatic carbocycles. The summed E-state index contributed by atoms with van der Waals surface area (Å²) in [5.41, 5.74) is 0.513. The smallest absolute Gasteiger partial charge is 0.422 e. The largest absolute Gasteiger partial charge is 0.468 e. The molecule has 6 nitrogen and oxygen atoms in total. The molecule has 2 N–H and O–H groups in total. The Kier molecular flexibility index (Phi) is 9.92. The van der Waals surface area contributed by atoms with Crippen LogP contribution in [0.3, 0.4) is 0 Å². The molecular weight excluding hydrogens is 361 g/mol. The number of alkyl halides is 3. The summed E-state index contributed by atoms with van der Waals surface area (Å²) in [6, 6.07) is 3.30. The van der Waals surface area contributed by atoms with Gasteiger partial charge in [-0.2, -0.15) is 13.2 Å². The van der Waals surface area contributed by atoms with Crippen molar-refractivity contribution in [3.8, 4) is 5.88 Å². The molecular formula is C18H29F3N4O2. The van der Waals surface area contributed by atoms with Crippen LogP contribution < -0.4 is 15.4 Å². The standard InChI is InChI=1S/C18H29F3N4O2/c1-5-26-15(13(2)3)8-10-24-17(22-4)25-11-14-7-6-9-23-16(14)27-12-18(19,20)21/h6-7,9,13,15H,5,8,10-12H2,1-4H3,(H2,22,24,25). The van der Waals surface area contributed by atoms with Gasteiger partial charge in [0, 0.05) is 38.5 Å². The van der Waals surface area contributed by atoms with Gasteiger partial charge in [-0.1, -0.05) is 19.9 Å². The van der Waals surface area contributed by atoms with Crippen LogP contribution in [0, 0.1) is 5.92 Å². The van der Waals surface area contributed by atoms with E-state index in [-0.39, 0.29) is 18.5 Å². The Morgan fingerprint density at radius 3 is 2.63 bits per heavy atom. The maximum absolute atomic E-state index is 12.4. The predicted octanol–water partition coefficient (Wildman–Crippen LogP) is 3.14. The first kappa shape index (κ1) is 23.0. The van der Waals surface area contributed by atoms with Crippen LogP contribution in [0.15, 0.2) is 23.3 Å². The normalized spacial score (nSPS) is 13.6. The zero-order valence-electron chi connectivity index (χ0n) is 16.3. The van der Waals surface area contributed by atoms with Gasteiger partial charge in [-0.3, -0.25) is 4.99 Å². The molecule has 0 saturated carbocycles. The zero-order valence-corrected chi connectivity index (χ0v) is 16.3. The summed E-state index contributed by atoms with van der Waals surface area (Å²) in [4.78, 5) is 7.99. The Morgan fingerprint density at radius 1 is 1.30 bits per heavy atom. The van der Waals surface area contributed by atoms with Gasteiger partial charge in [0.15, 0.2) is 12.6 Å². The second-order valence-corrected chi connectivity index (χ2v) is 6.25. The van der Waals surface area contributed by atoms with E-state index in [2.05, 4.69) is 34.5 Å². The van der Waals surface area contributed by atoms with Gasteiger partial charge in [0.1, 0.15) is 0 Å². The Hall–Kier alpha value is -2.03. The minimum Gasteiger partial charge on any atom is -0.468 e. The minimum absolute atomic E-state index is 0.0472. The second-order valence-electron chi connectivity index (χ2n) is 6.25. The fourth-order valence-electron chi connectivity index (χ4n) is 2.39. The highest BCUT2D eigenvalue weighted by molar-refractivity contribution is 5.79. The molecule has 0 radical (unpaired) electrons. The molecule has 0 aliphatic carbocycles. The molecule has 1 unspecified atom stereocenters. The summed E-state index contributed by atoms with van der Waals surface area (Å²) >= 11 is 0. The number of pyridine rings is 1. The number of aliphatic imine (C=N–C) groups is 1. The van der Waals surface area contributed by atoms with Gasteiger partial charge in [-0.25, -0.2) is 4.98 Å². The predicted molar refractivity (Wildman–Crippen MR) is 98.9 cm³/mol. The van der Waals surface area contributed by atoms with Gasteiger partial charge in [-0.15, -0.1) is 0 Å². The van der Waals surface area contributed by atoms with Crippen molar-refractivity contribution in [1.29, 1.82) is 0 Å². The van der Waals surface area contributed by atoms with Crippen LogP contribution in [0.2, 0.25) is 0 Å². The van der Waals surface area contributed by atoms with Crippen LogP contribution in [0.5, 0.6) is 5.88 Å². The first-order valence-electron chi connectivity index (χ1n) is 8.96. The monoisotopic (exact) mass is 390 g/mol. The molecule has 1 rings (SSSR count). The van der Waals surface area contributed by atoms with Gasteiger partial charge in [0.2, 0.25) is 5.88 Å². The van der Waals surface area contributed by atoms with Gasteiger partial charge < -0.3 is 20.1 Å². The van der Waals surface area contributed by atoms with Crippen LogP contribution in [0.1, 0.15) is 32.8 Å². The van der Waals surface area contributed by atoms with Crippen molar-refractivity contribution >= 4 is 5.96 Å². The summed E-state index contributed by atoms with van der Waals surface area (Å²) in [7, 11) is 1.63. The fourth-order valence-corrected chi connectivity index (χ4v) is 2.39. The minimum atomic E-state index is -4.41. The van der Waals surface area contributed by atoms with Crippen LogP contribution >= 0.6 is 0 Å². The third-order valence-electron chi connectivity index (χ3n) is 3.74. The van der Waals surface area contributed by atoms with E-state index in [4.69, 9.17) is 9.47 Å². The highest BCUT2D eigenvalue weighted by atomic mass is 19.4. The number of rotatable bonds is 10. The Morgan fingerprint density at radius 2 is 2.04 bits per heavy atom. The van der Waals surface area contributed by atoms with E-state index in [0.29, 0.717) is 30.6 Å². The average molecular weight is 390 g/mol. The van der Waals surface area contributed by atoms with E-state index >= 15 is 0 Å². The third-order valence-corrected chi connectivity index (χ3v) is 3.74. The number of ether oxygens (including phenoxy) is 2. The number of guanidine groups is 1. The van der Waals surface area contributed by atoms with Crippen molar-refractivity contribution in [3.05, 3.63) is 23.9 Å². The van der Waals surface area contributed by atoms with Gasteiger partial charge in [0.25, 0.3) is 0 Å². The summed E-state index contributed by atoms with van der Waals surface area (Å²) in [5, 5.41) is 6.23. The highest BCUT2D eigenvalue weighted by Crippen LogP contribution is 2.19. The molecule has 0 aliphatic rings. The first-order valence-corrected chi connectivity index (χ1v) is 8.96. The lowest BCUT2D eigenvalue weighted by atomic mass is 10.0. The third kappa shape index (κ3) is 9.46. The van der Waals surface area contributed by atoms with Gasteiger partial charge in [-0.05, 0) is 25.3 Å². The Bertz CT molecular complexity index is 580. The molecule has 0 amide bonds. The number of nitrogens with one attached hydrogen (secondary N) is 2. The van der Waals surface area contributed by atoms with E-state index in [1.165, 1.54) is 6.20 Å². The van der Waals surface area contributed by atoms with Gasteiger partial charge in [0.05, 0.1) is 6.10 Å². The number of hydrogen-bond donors (Lipinski definition) is 2. The summed E-state index contributed by atoms with van der Waals surface area (Å²) < 4.78 is 47.5. The molecule has 1 atom stereocenters. The van der Waals surface area contributed by atoms with Crippen molar-refractivity contribution in [3.63, 3.8) is 0 Å². The van der Waals surface area contributed by atoms with Crippen LogP contribution in [-0.2, 0) is 11.3 Å². The lowest BCUT2D eigenvalue weighted by Crippen LogP contribution is -2.39. The summed E-state index contributed by atoms with van der Waals surface area (Å²) in [6.45, 7) is 6.37. The lowest BCUT2D eigenvalue weighted by molar-refractivity contribution is -0.154. The zero-order chi connectivity index (χ0) is 20.3. The molecule has 1 aromatic heterocycles. The fraction of sp³-hybridized carbons (Fsp3) is 0.667. The van der Waals surface area contributed by atoms with Crippen LogP contribution in [-0.4, -0.2) is 50.0 Å². The van der Waals surface area contributed by atoms with E-state index in [9.17, 15) is 13.2 Å². The molecule has 0 aliphatic heterocycles. The maximum Gasteiger partial charge on any atom is 0.422 e. The molecule has 27 heavy (non-hydrogen) atoms. The highest BCUT2D eigenvalue weighted by Gasteiger charge is 2.29. The lowest BCUT2D eigenvalue weighted by Gasteiger charge is -2.21. The number of hydrogen-bond acceptors (Lipinski definition) is 4. The molecule has 1 aromatic rings. The Balaban J connectivity index is 2.53. The molecule has 9 heteroatoms. The van der Waals surface area contributed by atoms with E-state index in [1.54, 1.807) is 19.2 Å². The van der Waals surface area contributed by atoms with E-state index in [0.717, 1.165) is 6.42 Å². The van der Waals surface area contributed by atoms with Crippen molar-refractivity contribution in [2.45, 2.75) is 46.0 Å².